The second kappa shape index (κ2) is 12.2. The highest BCUT2D eigenvalue weighted by atomic mass is 19.2. The van der Waals surface area contributed by atoms with E-state index in [-0.39, 0.29) is 5.75 Å². The Kier molecular flexibility index (Phi) is 8.84. The molecule has 1 fully saturated rings. The van der Waals surface area contributed by atoms with E-state index < -0.39 is 24.1 Å². The zero-order valence-corrected chi connectivity index (χ0v) is 20.6. The van der Waals surface area contributed by atoms with Gasteiger partial charge in [-0.2, -0.15) is 4.39 Å². The molecule has 0 spiro atoms. The summed E-state index contributed by atoms with van der Waals surface area (Å²) in [6, 6.07) is 19.1. The molecule has 36 heavy (non-hydrogen) atoms. The summed E-state index contributed by atoms with van der Waals surface area (Å²) in [5.41, 5.74) is 4.49. The first kappa shape index (κ1) is 26.0. The number of halogens is 4. The van der Waals surface area contributed by atoms with E-state index in [0.717, 1.165) is 43.2 Å². The molecule has 0 heterocycles. The lowest BCUT2D eigenvalue weighted by Gasteiger charge is -2.29. The lowest BCUT2D eigenvalue weighted by molar-refractivity contribution is 0.305. The van der Waals surface area contributed by atoms with E-state index in [1.807, 2.05) is 12.1 Å². The van der Waals surface area contributed by atoms with Gasteiger partial charge in [0.2, 0.25) is 5.82 Å². The Labute approximate surface area is 210 Å². The van der Waals surface area contributed by atoms with Crippen molar-refractivity contribution in [3.05, 3.63) is 94.8 Å². The van der Waals surface area contributed by atoms with Crippen molar-refractivity contribution in [1.29, 1.82) is 0 Å². The minimum Gasteiger partial charge on any atom is -0.491 e. The predicted octanol–water partition coefficient (Wildman–Crippen LogP) is 9.22. The van der Waals surface area contributed by atoms with E-state index >= 15 is 0 Å². The molecular formula is C31H32F4O. The molecule has 3 aromatic rings. The van der Waals surface area contributed by atoms with Crippen molar-refractivity contribution in [2.45, 2.75) is 51.4 Å². The molecule has 0 radical (unpaired) electrons. The smallest absolute Gasteiger partial charge is 0.200 e. The SMILES string of the molecule is CCOc1ccc(CCC2CCC(c3ccc(-c4ccc(/C=C(\F)CF)cc4)cc3)CC2)c(F)c1F. The molecule has 4 rings (SSSR count). The Morgan fingerprint density at radius 1 is 0.861 bits per heavy atom. The van der Waals surface area contributed by atoms with Gasteiger partial charge in [-0.05, 0) is 97.2 Å². The summed E-state index contributed by atoms with van der Waals surface area (Å²) in [6.45, 7) is 0.958. The molecule has 0 aliphatic heterocycles. The van der Waals surface area contributed by atoms with Gasteiger partial charge in [-0.3, -0.25) is 0 Å². The topological polar surface area (TPSA) is 9.23 Å². The molecule has 1 saturated carbocycles. The summed E-state index contributed by atoms with van der Waals surface area (Å²) >= 11 is 0. The van der Waals surface area contributed by atoms with Crippen LogP contribution in [0.3, 0.4) is 0 Å². The van der Waals surface area contributed by atoms with Gasteiger partial charge in [0.25, 0.3) is 0 Å². The fourth-order valence-corrected chi connectivity index (χ4v) is 5.11. The van der Waals surface area contributed by atoms with Crippen LogP contribution in [0, 0.1) is 17.6 Å². The van der Waals surface area contributed by atoms with Crippen molar-refractivity contribution in [2.75, 3.05) is 13.3 Å². The van der Waals surface area contributed by atoms with Gasteiger partial charge in [0.05, 0.1) is 6.61 Å². The largest absolute Gasteiger partial charge is 0.491 e. The Hall–Kier alpha value is -3.08. The van der Waals surface area contributed by atoms with Gasteiger partial charge in [-0.25, -0.2) is 13.2 Å². The fourth-order valence-electron chi connectivity index (χ4n) is 5.11. The van der Waals surface area contributed by atoms with Crippen LogP contribution in [-0.2, 0) is 6.42 Å². The molecule has 3 aromatic carbocycles. The highest BCUT2D eigenvalue weighted by Crippen LogP contribution is 2.38. The third-order valence-corrected chi connectivity index (χ3v) is 7.17. The monoisotopic (exact) mass is 496 g/mol. The highest BCUT2D eigenvalue weighted by molar-refractivity contribution is 5.66. The van der Waals surface area contributed by atoms with Gasteiger partial charge < -0.3 is 4.74 Å². The van der Waals surface area contributed by atoms with Gasteiger partial charge in [-0.15, -0.1) is 0 Å². The third-order valence-electron chi connectivity index (χ3n) is 7.17. The number of hydrogen-bond donors (Lipinski definition) is 0. The molecule has 1 nitrogen and oxygen atoms in total. The summed E-state index contributed by atoms with van der Waals surface area (Å²) in [4.78, 5) is 0. The van der Waals surface area contributed by atoms with Gasteiger partial charge in [0.15, 0.2) is 11.6 Å². The summed E-state index contributed by atoms with van der Waals surface area (Å²) in [5, 5.41) is 0. The number of hydrogen-bond acceptors (Lipinski definition) is 1. The van der Waals surface area contributed by atoms with Crippen LogP contribution in [0.15, 0.2) is 66.5 Å². The van der Waals surface area contributed by atoms with Crippen LogP contribution in [0.4, 0.5) is 17.6 Å². The van der Waals surface area contributed by atoms with E-state index in [1.165, 1.54) is 17.7 Å². The zero-order valence-electron chi connectivity index (χ0n) is 20.6. The van der Waals surface area contributed by atoms with Gasteiger partial charge in [0.1, 0.15) is 12.5 Å². The standard InChI is InChI=1S/C31H32F4O/c1-2-36-29-18-17-27(30(34)31(29)35)12-5-21-3-8-23(9-4-21)25-13-15-26(16-14-25)24-10-6-22(7-11-24)19-28(33)20-32/h6-7,10-11,13-19,21,23H,2-5,8-9,12,20H2,1H3/b28-19-. The lowest BCUT2D eigenvalue weighted by Crippen LogP contribution is -2.14. The number of aryl methyl sites for hydroxylation is 1. The summed E-state index contributed by atoms with van der Waals surface area (Å²) in [5.74, 6) is -1.45. The van der Waals surface area contributed by atoms with E-state index in [4.69, 9.17) is 4.74 Å². The second-order valence-electron chi connectivity index (χ2n) is 9.51. The quantitative estimate of drug-likeness (QED) is 0.268. The summed E-state index contributed by atoms with van der Waals surface area (Å²) in [7, 11) is 0. The second-order valence-corrected chi connectivity index (χ2v) is 9.51. The van der Waals surface area contributed by atoms with Gasteiger partial charge >= 0.3 is 0 Å². The number of ether oxygens (including phenoxy) is 1. The maximum Gasteiger partial charge on any atom is 0.200 e. The predicted molar refractivity (Wildman–Crippen MR) is 137 cm³/mol. The minimum atomic E-state index is -1.09. The molecule has 0 N–H and O–H groups in total. The summed E-state index contributed by atoms with van der Waals surface area (Å²) in [6.07, 6.45) is 6.94. The molecule has 1 aliphatic rings. The van der Waals surface area contributed by atoms with E-state index in [0.29, 0.717) is 36.0 Å². The van der Waals surface area contributed by atoms with Crippen LogP contribution in [-0.4, -0.2) is 13.3 Å². The van der Waals surface area contributed by atoms with Gasteiger partial charge in [0, 0.05) is 0 Å². The maximum absolute atomic E-state index is 14.4. The van der Waals surface area contributed by atoms with Crippen molar-refractivity contribution in [1.82, 2.24) is 0 Å². The van der Waals surface area contributed by atoms with Crippen molar-refractivity contribution in [3.8, 4) is 16.9 Å². The van der Waals surface area contributed by atoms with E-state index in [1.54, 1.807) is 25.1 Å². The molecule has 190 valence electrons. The molecule has 0 aromatic heterocycles. The average molecular weight is 497 g/mol. The third kappa shape index (κ3) is 6.37. The first-order valence-corrected chi connectivity index (χ1v) is 12.7. The van der Waals surface area contributed by atoms with Crippen LogP contribution >= 0.6 is 0 Å². The van der Waals surface area contributed by atoms with Crippen molar-refractivity contribution >= 4 is 6.08 Å². The fraction of sp³-hybridized carbons (Fsp3) is 0.355. The van der Waals surface area contributed by atoms with Crippen LogP contribution < -0.4 is 4.74 Å². The molecular weight excluding hydrogens is 464 g/mol. The minimum absolute atomic E-state index is 0.0246. The molecule has 0 amide bonds. The van der Waals surface area contributed by atoms with E-state index in [2.05, 4.69) is 24.3 Å². The molecule has 0 unspecified atom stereocenters. The van der Waals surface area contributed by atoms with Crippen molar-refractivity contribution in [3.63, 3.8) is 0 Å². The van der Waals surface area contributed by atoms with Crippen LogP contribution in [0.5, 0.6) is 5.75 Å². The Balaban J connectivity index is 1.29. The highest BCUT2D eigenvalue weighted by Gasteiger charge is 2.23. The zero-order chi connectivity index (χ0) is 25.5. The number of alkyl halides is 1. The first-order valence-electron chi connectivity index (χ1n) is 12.7. The Morgan fingerprint density at radius 3 is 2.11 bits per heavy atom. The number of allylic oxidation sites excluding steroid dienone is 1. The van der Waals surface area contributed by atoms with Crippen LogP contribution in [0.25, 0.3) is 17.2 Å². The molecule has 0 atom stereocenters. The Morgan fingerprint density at radius 2 is 1.50 bits per heavy atom. The van der Waals surface area contributed by atoms with Crippen LogP contribution in [0.1, 0.15) is 61.6 Å². The molecule has 5 heteroatoms. The summed E-state index contributed by atoms with van der Waals surface area (Å²) < 4.78 is 59.1. The lowest BCUT2D eigenvalue weighted by atomic mass is 9.76. The van der Waals surface area contributed by atoms with E-state index in [9.17, 15) is 17.6 Å². The number of rotatable bonds is 9. The van der Waals surface area contributed by atoms with Crippen molar-refractivity contribution < 1.29 is 22.3 Å². The molecule has 0 bridgehead atoms. The van der Waals surface area contributed by atoms with Gasteiger partial charge in [-0.1, -0.05) is 54.6 Å². The molecule has 1 aliphatic carbocycles. The Bertz CT molecular complexity index is 1160. The van der Waals surface area contributed by atoms with Crippen molar-refractivity contribution in [2.24, 2.45) is 5.92 Å². The number of benzene rings is 3. The average Bonchev–Trinajstić information content (AvgIpc) is 2.92. The first-order chi connectivity index (χ1) is 17.5. The maximum atomic E-state index is 14.4. The normalized spacial score (nSPS) is 18.3. The molecule has 0 saturated heterocycles. The van der Waals surface area contributed by atoms with Crippen LogP contribution in [0.2, 0.25) is 0 Å².